The highest BCUT2D eigenvalue weighted by Crippen LogP contribution is 2.54. The monoisotopic (exact) mass is 153 g/mol. The van der Waals surface area contributed by atoms with Crippen LogP contribution in [0.4, 0.5) is 0 Å². The van der Waals surface area contributed by atoms with Crippen LogP contribution in [0.2, 0.25) is 0 Å². The number of rotatable bonds is 3. The summed E-state index contributed by atoms with van der Waals surface area (Å²) in [5.74, 6) is 2.97. The minimum atomic E-state index is 0.878. The summed E-state index contributed by atoms with van der Waals surface area (Å²) in [6.07, 6.45) is 4.36. The standard InChI is InChI=1S/C8H11NS/c10-5-9-4-7-3-8(7)6-1-2-6/h6-8H,1-4H2. The SMILES string of the molecule is S=C=NCC1CC1C1CC1. The van der Waals surface area contributed by atoms with Crippen molar-refractivity contribution >= 4 is 17.4 Å². The molecule has 0 radical (unpaired) electrons. The predicted molar refractivity (Wildman–Crippen MR) is 44.2 cm³/mol. The van der Waals surface area contributed by atoms with Crippen LogP contribution in [-0.4, -0.2) is 11.7 Å². The second kappa shape index (κ2) is 2.44. The average molecular weight is 153 g/mol. The number of aliphatic imine (C=N–C) groups is 1. The van der Waals surface area contributed by atoms with Crippen LogP contribution in [0.5, 0.6) is 0 Å². The van der Waals surface area contributed by atoms with Crippen molar-refractivity contribution in [2.45, 2.75) is 19.3 Å². The van der Waals surface area contributed by atoms with Crippen LogP contribution in [0.15, 0.2) is 4.99 Å². The highest BCUT2D eigenvalue weighted by molar-refractivity contribution is 7.78. The molecule has 1 nitrogen and oxygen atoms in total. The van der Waals surface area contributed by atoms with Gasteiger partial charge in [0.25, 0.3) is 0 Å². The molecule has 0 aliphatic heterocycles. The lowest BCUT2D eigenvalue weighted by Crippen LogP contribution is -1.87. The van der Waals surface area contributed by atoms with Gasteiger partial charge in [0.15, 0.2) is 0 Å². The van der Waals surface area contributed by atoms with Crippen molar-refractivity contribution in [2.24, 2.45) is 22.7 Å². The number of thiocarbonyl (C=S) groups is 1. The minimum absolute atomic E-state index is 0.878. The molecule has 0 amide bonds. The molecule has 2 aliphatic carbocycles. The van der Waals surface area contributed by atoms with Crippen molar-refractivity contribution in [3.63, 3.8) is 0 Å². The van der Waals surface area contributed by atoms with Crippen molar-refractivity contribution < 1.29 is 0 Å². The fourth-order valence-corrected chi connectivity index (χ4v) is 1.81. The Balaban J connectivity index is 1.73. The van der Waals surface area contributed by atoms with E-state index in [9.17, 15) is 0 Å². The lowest BCUT2D eigenvalue weighted by atomic mass is 10.2. The summed E-state index contributed by atoms with van der Waals surface area (Å²) in [4.78, 5) is 3.96. The predicted octanol–water partition coefficient (Wildman–Crippen LogP) is 2.14. The Bertz CT molecular complexity index is 180. The first kappa shape index (κ1) is 6.51. The smallest absolute Gasteiger partial charge is 0.0585 e. The minimum Gasteiger partial charge on any atom is -0.232 e. The van der Waals surface area contributed by atoms with Gasteiger partial charge in [0.2, 0.25) is 0 Å². The van der Waals surface area contributed by atoms with E-state index in [2.05, 4.69) is 22.4 Å². The van der Waals surface area contributed by atoms with Crippen LogP contribution in [0, 0.1) is 17.8 Å². The molecule has 2 saturated carbocycles. The van der Waals surface area contributed by atoms with Gasteiger partial charge in [-0.1, -0.05) is 0 Å². The highest BCUT2D eigenvalue weighted by Gasteiger charge is 2.46. The second-order valence-corrected chi connectivity index (χ2v) is 3.61. The molecule has 2 atom stereocenters. The number of nitrogens with zero attached hydrogens (tertiary/aromatic N) is 1. The number of isothiocyanates is 1. The molecule has 54 valence electrons. The van der Waals surface area contributed by atoms with Crippen molar-refractivity contribution in [1.29, 1.82) is 0 Å². The number of hydrogen-bond donors (Lipinski definition) is 0. The van der Waals surface area contributed by atoms with Crippen molar-refractivity contribution in [3.8, 4) is 0 Å². The van der Waals surface area contributed by atoms with E-state index in [1.807, 2.05) is 0 Å². The van der Waals surface area contributed by atoms with E-state index in [-0.39, 0.29) is 0 Å². The summed E-state index contributed by atoms with van der Waals surface area (Å²) in [6.45, 7) is 0.949. The molecule has 2 rings (SSSR count). The van der Waals surface area contributed by atoms with Gasteiger partial charge >= 0.3 is 0 Å². The van der Waals surface area contributed by atoms with Crippen LogP contribution in [0.25, 0.3) is 0 Å². The summed E-state index contributed by atoms with van der Waals surface area (Å²) < 4.78 is 0. The Morgan fingerprint density at radius 1 is 1.50 bits per heavy atom. The third-order valence-electron chi connectivity index (χ3n) is 2.60. The van der Waals surface area contributed by atoms with Gasteiger partial charge in [0, 0.05) is 0 Å². The van der Waals surface area contributed by atoms with Crippen LogP contribution in [0.1, 0.15) is 19.3 Å². The lowest BCUT2D eigenvalue weighted by Gasteiger charge is -1.88. The maximum atomic E-state index is 4.50. The van der Waals surface area contributed by atoms with Crippen molar-refractivity contribution in [3.05, 3.63) is 0 Å². The topological polar surface area (TPSA) is 12.4 Å². The third kappa shape index (κ3) is 1.28. The van der Waals surface area contributed by atoms with Gasteiger partial charge in [0.1, 0.15) is 0 Å². The molecule has 0 heterocycles. The summed E-state index contributed by atoms with van der Waals surface area (Å²) >= 11 is 4.50. The Morgan fingerprint density at radius 2 is 2.30 bits per heavy atom. The fraction of sp³-hybridized carbons (Fsp3) is 0.875. The van der Waals surface area contributed by atoms with Gasteiger partial charge in [-0.15, -0.1) is 0 Å². The zero-order chi connectivity index (χ0) is 6.97. The second-order valence-electron chi connectivity index (χ2n) is 3.43. The van der Waals surface area contributed by atoms with Crippen LogP contribution in [0.3, 0.4) is 0 Å². The summed E-state index contributed by atoms with van der Waals surface area (Å²) in [5.41, 5.74) is 0. The van der Waals surface area contributed by atoms with Crippen LogP contribution >= 0.6 is 12.2 Å². The van der Waals surface area contributed by atoms with Crippen molar-refractivity contribution in [2.75, 3.05) is 6.54 Å². The largest absolute Gasteiger partial charge is 0.232 e. The Kier molecular flexibility index (Phi) is 1.59. The van der Waals surface area contributed by atoms with Gasteiger partial charge in [-0.25, -0.2) is 4.99 Å². The van der Waals surface area contributed by atoms with Gasteiger partial charge in [-0.05, 0) is 49.2 Å². The molecular formula is C8H11NS. The first-order valence-electron chi connectivity index (χ1n) is 3.95. The zero-order valence-electron chi connectivity index (χ0n) is 5.92. The van der Waals surface area contributed by atoms with Gasteiger partial charge in [-0.3, -0.25) is 0 Å². The lowest BCUT2D eigenvalue weighted by molar-refractivity contribution is 0.635. The van der Waals surface area contributed by atoms with Crippen LogP contribution < -0.4 is 0 Å². The van der Waals surface area contributed by atoms with E-state index in [0.29, 0.717) is 0 Å². The average Bonchev–Trinajstić information content (AvgIpc) is 2.77. The fourth-order valence-electron chi connectivity index (χ4n) is 1.74. The first-order chi connectivity index (χ1) is 4.92. The molecular weight excluding hydrogens is 142 g/mol. The molecule has 0 spiro atoms. The molecule has 0 aromatic rings. The number of hydrogen-bond acceptors (Lipinski definition) is 2. The Morgan fingerprint density at radius 3 is 2.90 bits per heavy atom. The molecule has 0 bridgehead atoms. The summed E-state index contributed by atoms with van der Waals surface area (Å²) in [7, 11) is 0. The molecule has 0 saturated heterocycles. The molecule has 10 heavy (non-hydrogen) atoms. The maximum absolute atomic E-state index is 4.50. The van der Waals surface area contributed by atoms with E-state index >= 15 is 0 Å². The van der Waals surface area contributed by atoms with Gasteiger partial charge < -0.3 is 0 Å². The highest BCUT2D eigenvalue weighted by atomic mass is 32.1. The summed E-state index contributed by atoms with van der Waals surface area (Å²) in [5, 5.41) is 2.43. The summed E-state index contributed by atoms with van der Waals surface area (Å²) in [6, 6.07) is 0. The molecule has 0 N–H and O–H groups in total. The van der Waals surface area contributed by atoms with E-state index in [1.165, 1.54) is 19.3 Å². The maximum Gasteiger partial charge on any atom is 0.0585 e. The third-order valence-corrected chi connectivity index (χ3v) is 2.72. The normalized spacial score (nSPS) is 36.8. The molecule has 2 aliphatic rings. The molecule has 0 aromatic carbocycles. The molecule has 2 fully saturated rings. The Hall–Kier alpha value is -0.200. The van der Waals surface area contributed by atoms with Gasteiger partial charge in [0.05, 0.1) is 11.7 Å². The molecule has 2 unspecified atom stereocenters. The first-order valence-corrected chi connectivity index (χ1v) is 4.36. The van der Waals surface area contributed by atoms with Gasteiger partial charge in [-0.2, -0.15) is 0 Å². The zero-order valence-corrected chi connectivity index (χ0v) is 6.73. The molecule has 0 aromatic heterocycles. The van der Waals surface area contributed by atoms with Crippen molar-refractivity contribution in [1.82, 2.24) is 0 Å². The van der Waals surface area contributed by atoms with E-state index < -0.39 is 0 Å². The van der Waals surface area contributed by atoms with E-state index in [1.54, 1.807) is 0 Å². The Labute approximate surface area is 66.5 Å². The molecule has 2 heteroatoms. The quantitative estimate of drug-likeness (QED) is 0.447. The van der Waals surface area contributed by atoms with Crippen LogP contribution in [-0.2, 0) is 0 Å². The van der Waals surface area contributed by atoms with E-state index in [4.69, 9.17) is 0 Å². The van der Waals surface area contributed by atoms with E-state index in [0.717, 1.165) is 24.3 Å².